The lowest BCUT2D eigenvalue weighted by Crippen LogP contribution is -2.39. The second kappa shape index (κ2) is 8.59. The van der Waals surface area contributed by atoms with Gasteiger partial charge in [0, 0.05) is 11.6 Å². The van der Waals surface area contributed by atoms with Gasteiger partial charge >= 0.3 is 0 Å². The highest BCUT2D eigenvalue weighted by atomic mass is 35.5. The molecule has 4 heteroatoms. The number of nitrogens with one attached hydrogen (secondary N) is 1. The summed E-state index contributed by atoms with van der Waals surface area (Å²) in [5.74, 6) is 0.811. The van der Waals surface area contributed by atoms with Crippen LogP contribution in [0, 0.1) is 0 Å². The lowest BCUT2D eigenvalue weighted by molar-refractivity contribution is -0.128. The average Bonchev–Trinajstić information content (AvgIpc) is 2.59. The number of amides is 1. The standard InChI is InChI=1S/C19H22ClNO2/c1-3-18(23-17-11-9-16(20)10-12-17)19(22)21-13-14(2)15-7-5-4-6-8-15/h4-12,14,18H,3,13H2,1-2H3,(H,21,22)/t14-,18-/m1/s1. The first kappa shape index (κ1) is 17.4. The van der Waals surface area contributed by atoms with Crippen molar-refractivity contribution < 1.29 is 9.53 Å². The summed E-state index contributed by atoms with van der Waals surface area (Å²) in [6.07, 6.45) is 0.105. The van der Waals surface area contributed by atoms with E-state index in [0.29, 0.717) is 23.7 Å². The fraction of sp³-hybridized carbons (Fsp3) is 0.316. The molecule has 3 nitrogen and oxygen atoms in total. The summed E-state index contributed by atoms with van der Waals surface area (Å²) in [7, 11) is 0. The maximum atomic E-state index is 12.3. The number of carbonyl (C=O) groups excluding carboxylic acids is 1. The van der Waals surface area contributed by atoms with Gasteiger partial charge in [-0.1, -0.05) is 55.8 Å². The molecular weight excluding hydrogens is 310 g/mol. The Labute approximate surface area is 142 Å². The van der Waals surface area contributed by atoms with Crippen LogP contribution in [-0.2, 0) is 4.79 Å². The van der Waals surface area contributed by atoms with E-state index >= 15 is 0 Å². The van der Waals surface area contributed by atoms with Gasteiger partial charge in [0.1, 0.15) is 5.75 Å². The summed E-state index contributed by atoms with van der Waals surface area (Å²) < 4.78 is 5.75. The second-order valence-corrected chi connectivity index (χ2v) is 5.96. The minimum atomic E-state index is -0.501. The van der Waals surface area contributed by atoms with Crippen LogP contribution in [0.1, 0.15) is 31.7 Å². The summed E-state index contributed by atoms with van der Waals surface area (Å²) in [4.78, 5) is 12.3. The molecule has 0 aliphatic rings. The average molecular weight is 332 g/mol. The number of ether oxygens (including phenoxy) is 1. The number of carbonyl (C=O) groups is 1. The molecule has 0 bridgehead atoms. The number of halogens is 1. The molecule has 0 aromatic heterocycles. The highest BCUT2D eigenvalue weighted by Crippen LogP contribution is 2.18. The Hall–Kier alpha value is -2.00. The second-order valence-electron chi connectivity index (χ2n) is 5.53. The van der Waals surface area contributed by atoms with Gasteiger partial charge in [-0.3, -0.25) is 4.79 Å². The Morgan fingerprint density at radius 2 is 1.78 bits per heavy atom. The SMILES string of the molecule is CC[C@@H](Oc1ccc(Cl)cc1)C(=O)NC[C@@H](C)c1ccccc1. The maximum absolute atomic E-state index is 12.3. The van der Waals surface area contributed by atoms with Gasteiger partial charge in [0.25, 0.3) is 5.91 Å². The van der Waals surface area contributed by atoms with E-state index in [4.69, 9.17) is 16.3 Å². The number of hydrogen-bond donors (Lipinski definition) is 1. The highest BCUT2D eigenvalue weighted by molar-refractivity contribution is 6.30. The third-order valence-electron chi connectivity index (χ3n) is 3.71. The first-order valence-corrected chi connectivity index (χ1v) is 8.22. The normalized spacial score (nSPS) is 13.2. The molecule has 2 aromatic carbocycles. The molecule has 0 aliphatic carbocycles. The van der Waals surface area contributed by atoms with Gasteiger partial charge in [-0.05, 0) is 42.2 Å². The minimum absolute atomic E-state index is 0.0924. The van der Waals surface area contributed by atoms with Crippen molar-refractivity contribution in [3.05, 3.63) is 65.2 Å². The van der Waals surface area contributed by atoms with Gasteiger partial charge in [-0.2, -0.15) is 0 Å². The van der Waals surface area contributed by atoms with E-state index in [2.05, 4.69) is 24.4 Å². The van der Waals surface area contributed by atoms with Gasteiger partial charge in [0.15, 0.2) is 6.10 Å². The molecule has 0 aliphatic heterocycles. The van der Waals surface area contributed by atoms with Gasteiger partial charge in [-0.15, -0.1) is 0 Å². The predicted molar refractivity (Wildman–Crippen MR) is 94.0 cm³/mol. The third-order valence-corrected chi connectivity index (χ3v) is 3.96. The first-order valence-electron chi connectivity index (χ1n) is 7.85. The van der Waals surface area contributed by atoms with Crippen molar-refractivity contribution >= 4 is 17.5 Å². The molecule has 0 saturated carbocycles. The minimum Gasteiger partial charge on any atom is -0.481 e. The van der Waals surface area contributed by atoms with Crippen molar-refractivity contribution in [3.63, 3.8) is 0 Å². The van der Waals surface area contributed by atoms with E-state index in [9.17, 15) is 4.79 Å². The zero-order valence-corrected chi connectivity index (χ0v) is 14.2. The Balaban J connectivity index is 1.88. The van der Waals surface area contributed by atoms with Crippen LogP contribution in [0.2, 0.25) is 5.02 Å². The van der Waals surface area contributed by atoms with Crippen molar-refractivity contribution in [1.29, 1.82) is 0 Å². The molecule has 2 atom stereocenters. The number of rotatable bonds is 7. The molecule has 0 heterocycles. The quantitative estimate of drug-likeness (QED) is 0.815. The molecule has 1 amide bonds. The molecule has 0 radical (unpaired) electrons. The van der Waals surface area contributed by atoms with Crippen LogP contribution in [0.3, 0.4) is 0 Å². The van der Waals surface area contributed by atoms with Crippen LogP contribution >= 0.6 is 11.6 Å². The van der Waals surface area contributed by atoms with Crippen molar-refractivity contribution in [2.24, 2.45) is 0 Å². The molecule has 23 heavy (non-hydrogen) atoms. The van der Waals surface area contributed by atoms with Crippen molar-refractivity contribution in [2.45, 2.75) is 32.3 Å². The largest absolute Gasteiger partial charge is 0.481 e. The van der Waals surface area contributed by atoms with E-state index in [1.54, 1.807) is 24.3 Å². The van der Waals surface area contributed by atoms with Gasteiger partial charge in [0.2, 0.25) is 0 Å². The van der Waals surface area contributed by atoms with Crippen LogP contribution < -0.4 is 10.1 Å². The first-order chi connectivity index (χ1) is 11.1. The molecule has 1 N–H and O–H groups in total. The summed E-state index contributed by atoms with van der Waals surface area (Å²) in [5, 5.41) is 3.62. The molecule has 122 valence electrons. The van der Waals surface area contributed by atoms with Crippen LogP contribution in [0.5, 0.6) is 5.75 Å². The monoisotopic (exact) mass is 331 g/mol. The Morgan fingerprint density at radius 1 is 1.13 bits per heavy atom. The van der Waals surface area contributed by atoms with E-state index < -0.39 is 6.10 Å². The van der Waals surface area contributed by atoms with Crippen molar-refractivity contribution in [1.82, 2.24) is 5.32 Å². The lowest BCUT2D eigenvalue weighted by Gasteiger charge is -2.19. The van der Waals surface area contributed by atoms with Crippen LogP contribution in [0.25, 0.3) is 0 Å². The molecule has 2 aromatic rings. The zero-order chi connectivity index (χ0) is 16.7. The van der Waals surface area contributed by atoms with Crippen molar-refractivity contribution in [2.75, 3.05) is 6.54 Å². The Morgan fingerprint density at radius 3 is 2.39 bits per heavy atom. The van der Waals surface area contributed by atoms with E-state index in [1.807, 2.05) is 25.1 Å². The fourth-order valence-electron chi connectivity index (χ4n) is 2.27. The predicted octanol–water partition coefficient (Wildman–Crippen LogP) is 4.42. The molecule has 0 saturated heterocycles. The van der Waals surface area contributed by atoms with Crippen molar-refractivity contribution in [3.8, 4) is 5.75 Å². The third kappa shape index (κ3) is 5.29. The summed E-state index contributed by atoms with van der Waals surface area (Å²) in [5.41, 5.74) is 1.21. The summed E-state index contributed by atoms with van der Waals surface area (Å²) >= 11 is 5.85. The summed E-state index contributed by atoms with van der Waals surface area (Å²) in [6, 6.07) is 17.2. The van der Waals surface area contributed by atoms with E-state index in [-0.39, 0.29) is 11.8 Å². The Bertz CT molecular complexity index is 613. The molecule has 2 rings (SSSR count). The highest BCUT2D eigenvalue weighted by Gasteiger charge is 2.19. The molecule has 0 fully saturated rings. The van der Waals surface area contributed by atoms with Gasteiger partial charge in [-0.25, -0.2) is 0 Å². The smallest absolute Gasteiger partial charge is 0.261 e. The van der Waals surface area contributed by atoms with E-state index in [0.717, 1.165) is 0 Å². The van der Waals surface area contributed by atoms with Gasteiger partial charge < -0.3 is 10.1 Å². The zero-order valence-electron chi connectivity index (χ0n) is 13.5. The fourth-order valence-corrected chi connectivity index (χ4v) is 2.39. The topological polar surface area (TPSA) is 38.3 Å². The molecule has 0 unspecified atom stereocenters. The number of benzene rings is 2. The van der Waals surface area contributed by atoms with Gasteiger partial charge in [0.05, 0.1) is 0 Å². The Kier molecular flexibility index (Phi) is 6.48. The lowest BCUT2D eigenvalue weighted by atomic mass is 10.0. The molecular formula is C19H22ClNO2. The van der Waals surface area contributed by atoms with E-state index in [1.165, 1.54) is 5.56 Å². The molecule has 0 spiro atoms. The van der Waals surface area contributed by atoms with Crippen LogP contribution in [0.4, 0.5) is 0 Å². The maximum Gasteiger partial charge on any atom is 0.261 e. The van der Waals surface area contributed by atoms with Crippen LogP contribution in [-0.4, -0.2) is 18.6 Å². The summed E-state index contributed by atoms with van der Waals surface area (Å²) in [6.45, 7) is 4.61. The number of hydrogen-bond acceptors (Lipinski definition) is 2. The van der Waals surface area contributed by atoms with Crippen LogP contribution in [0.15, 0.2) is 54.6 Å².